The largest absolute Gasteiger partial charge is 3.00 e. The van der Waals surface area contributed by atoms with Crippen LogP contribution in [0.4, 0.5) is 22.7 Å². The van der Waals surface area contributed by atoms with Crippen LogP contribution in [0.15, 0.2) is 115 Å². The normalized spacial score (nSPS) is 14.0. The minimum atomic E-state index is -0.111. The predicted molar refractivity (Wildman–Crippen MR) is 193 cm³/mol. The van der Waals surface area contributed by atoms with Crippen molar-refractivity contribution in [2.75, 3.05) is 9.80 Å². The Kier molecular flexibility index (Phi) is 9.11. The van der Waals surface area contributed by atoms with E-state index in [1.807, 2.05) is 42.5 Å². The van der Waals surface area contributed by atoms with E-state index in [-0.39, 0.29) is 25.5 Å². The van der Waals surface area contributed by atoms with Crippen molar-refractivity contribution in [2.45, 2.75) is 58.8 Å². The Labute approximate surface area is 293 Å². The van der Waals surface area contributed by atoms with E-state index in [0.717, 1.165) is 16.6 Å². The van der Waals surface area contributed by atoms with E-state index in [4.69, 9.17) is 0 Å². The Bertz CT molecular complexity index is 1950. The molecule has 0 fully saturated rings. The maximum absolute atomic E-state index is 4.22. The van der Waals surface area contributed by atoms with Gasteiger partial charge in [-0.2, -0.15) is 0 Å². The van der Waals surface area contributed by atoms with Gasteiger partial charge in [-0.3, -0.25) is 0 Å². The molecular formula is C43H40IrN3. The van der Waals surface area contributed by atoms with E-state index >= 15 is 0 Å². The molecule has 0 saturated carbocycles. The van der Waals surface area contributed by atoms with Crippen LogP contribution in [0.25, 0.3) is 22.0 Å². The van der Waals surface area contributed by atoms with Crippen molar-refractivity contribution in [3.05, 3.63) is 156 Å². The zero-order valence-electron chi connectivity index (χ0n) is 27.9. The minimum absolute atomic E-state index is 0. The van der Waals surface area contributed by atoms with Gasteiger partial charge in [0.05, 0.1) is 0 Å². The first-order chi connectivity index (χ1) is 22.3. The molecule has 0 radical (unpaired) electrons. The number of aromatic nitrogens is 1. The molecule has 0 N–H and O–H groups in total. The van der Waals surface area contributed by atoms with E-state index in [1.165, 1.54) is 50.4 Å². The van der Waals surface area contributed by atoms with Crippen LogP contribution in [0.2, 0.25) is 0 Å². The van der Waals surface area contributed by atoms with Crippen molar-refractivity contribution >= 4 is 33.5 Å². The Morgan fingerprint density at radius 3 is 2.09 bits per heavy atom. The second kappa shape index (κ2) is 13.1. The number of fused-ring (bicyclic) bond motifs is 3. The first-order valence-electron chi connectivity index (χ1n) is 16.3. The quantitative estimate of drug-likeness (QED) is 0.166. The molecule has 0 aliphatic carbocycles. The van der Waals surface area contributed by atoms with Gasteiger partial charge in [-0.1, -0.05) is 107 Å². The summed E-state index contributed by atoms with van der Waals surface area (Å²) in [5.41, 5.74) is 12.4. The maximum atomic E-state index is 4.22. The fourth-order valence-electron chi connectivity index (χ4n) is 6.90. The molecule has 4 heteroatoms. The number of anilines is 4. The van der Waals surface area contributed by atoms with Gasteiger partial charge in [-0.05, 0) is 51.8 Å². The molecule has 2 aliphatic heterocycles. The number of hydrogen-bond donors (Lipinski definition) is 0. The Balaban J connectivity index is 0.000000250. The summed E-state index contributed by atoms with van der Waals surface area (Å²) >= 11 is 0. The predicted octanol–water partition coefficient (Wildman–Crippen LogP) is 11.5. The molecule has 2 aliphatic rings. The molecule has 6 aromatic rings. The Morgan fingerprint density at radius 1 is 0.702 bits per heavy atom. The third-order valence-electron chi connectivity index (χ3n) is 9.34. The van der Waals surface area contributed by atoms with Crippen LogP contribution in [0, 0.1) is 18.8 Å². The van der Waals surface area contributed by atoms with Crippen molar-refractivity contribution in [1.29, 1.82) is 0 Å². The van der Waals surface area contributed by atoms with Gasteiger partial charge in [-0.25, -0.2) is 0 Å². The minimum Gasteiger partial charge on any atom is -0.488 e. The van der Waals surface area contributed by atoms with Crippen LogP contribution >= 0.6 is 0 Å². The molecule has 236 valence electrons. The molecule has 0 spiro atoms. The molecule has 0 amide bonds. The van der Waals surface area contributed by atoms with Gasteiger partial charge >= 0.3 is 20.1 Å². The SMILES string of the molecule is CC(C)c1cccc(C(C)C)c1N1[CH-]N2c3[c-]c4ccccc4cc3C(C)(C)c3cccc1c32.[Ir+3].[c-]1ccccc1-c1ccccn1. The topological polar surface area (TPSA) is 19.4 Å². The fraction of sp³-hybridized carbons (Fsp3) is 0.209. The molecule has 1 aromatic heterocycles. The van der Waals surface area contributed by atoms with Crippen LogP contribution in [0.1, 0.15) is 75.6 Å². The number of pyridine rings is 1. The van der Waals surface area contributed by atoms with Gasteiger partial charge in [0.2, 0.25) is 0 Å². The zero-order chi connectivity index (χ0) is 32.0. The van der Waals surface area contributed by atoms with Crippen molar-refractivity contribution < 1.29 is 20.1 Å². The summed E-state index contributed by atoms with van der Waals surface area (Å²) in [5, 5.41) is 2.41. The van der Waals surface area contributed by atoms with Crippen LogP contribution in [-0.4, -0.2) is 4.98 Å². The molecule has 47 heavy (non-hydrogen) atoms. The molecule has 8 rings (SSSR count). The molecule has 3 heterocycles. The zero-order valence-corrected chi connectivity index (χ0v) is 30.3. The Morgan fingerprint density at radius 2 is 1.40 bits per heavy atom. The fourth-order valence-corrected chi connectivity index (χ4v) is 6.90. The summed E-state index contributed by atoms with van der Waals surface area (Å²) in [6.07, 6.45) is 1.79. The number of rotatable bonds is 4. The molecule has 0 saturated heterocycles. The summed E-state index contributed by atoms with van der Waals surface area (Å²) in [5.74, 6) is 0.874. The summed E-state index contributed by atoms with van der Waals surface area (Å²) < 4.78 is 0. The third kappa shape index (κ3) is 5.79. The van der Waals surface area contributed by atoms with Crippen LogP contribution < -0.4 is 9.80 Å². The van der Waals surface area contributed by atoms with Crippen molar-refractivity contribution in [3.8, 4) is 11.3 Å². The number of benzene rings is 5. The molecular weight excluding hydrogens is 751 g/mol. The van der Waals surface area contributed by atoms with Gasteiger partial charge in [0.1, 0.15) is 0 Å². The van der Waals surface area contributed by atoms with Gasteiger partial charge in [0.15, 0.2) is 0 Å². The van der Waals surface area contributed by atoms with Gasteiger partial charge in [0, 0.05) is 23.3 Å². The average Bonchev–Trinajstić information content (AvgIpc) is 3.47. The van der Waals surface area contributed by atoms with E-state index in [0.29, 0.717) is 11.8 Å². The molecule has 0 atom stereocenters. The molecule has 0 bridgehead atoms. The molecule has 0 unspecified atom stereocenters. The summed E-state index contributed by atoms with van der Waals surface area (Å²) in [6, 6.07) is 45.2. The molecule has 5 aromatic carbocycles. The van der Waals surface area contributed by atoms with E-state index < -0.39 is 0 Å². The van der Waals surface area contributed by atoms with Crippen LogP contribution in [0.3, 0.4) is 0 Å². The number of nitrogens with zero attached hydrogens (tertiary/aromatic N) is 3. The van der Waals surface area contributed by atoms with E-state index in [9.17, 15) is 0 Å². The van der Waals surface area contributed by atoms with Crippen molar-refractivity contribution in [3.63, 3.8) is 0 Å². The third-order valence-corrected chi connectivity index (χ3v) is 9.34. The first-order valence-corrected chi connectivity index (χ1v) is 16.3. The van der Waals surface area contributed by atoms with E-state index in [2.05, 4.69) is 142 Å². The summed E-state index contributed by atoms with van der Waals surface area (Å²) in [6.45, 7) is 16.2. The van der Waals surface area contributed by atoms with Gasteiger partial charge in [-0.15, -0.1) is 77.6 Å². The summed E-state index contributed by atoms with van der Waals surface area (Å²) in [4.78, 5) is 9.05. The van der Waals surface area contributed by atoms with Crippen molar-refractivity contribution in [2.24, 2.45) is 0 Å². The van der Waals surface area contributed by atoms with Crippen molar-refractivity contribution in [1.82, 2.24) is 4.98 Å². The molecule has 3 nitrogen and oxygen atoms in total. The van der Waals surface area contributed by atoms with E-state index in [1.54, 1.807) is 6.20 Å². The maximum Gasteiger partial charge on any atom is 3.00 e. The van der Waals surface area contributed by atoms with Crippen LogP contribution in [0.5, 0.6) is 0 Å². The van der Waals surface area contributed by atoms with Crippen LogP contribution in [-0.2, 0) is 25.5 Å². The second-order valence-electron chi connectivity index (χ2n) is 13.4. The second-order valence-corrected chi connectivity index (χ2v) is 13.4. The number of hydrogen-bond acceptors (Lipinski definition) is 3. The first kappa shape index (κ1) is 32.7. The van der Waals surface area contributed by atoms with Gasteiger partial charge in [0.25, 0.3) is 0 Å². The Hall–Kier alpha value is -4.24. The van der Waals surface area contributed by atoms with Gasteiger partial charge < -0.3 is 14.8 Å². The average molecular weight is 791 g/mol. The number of para-hydroxylation sites is 2. The summed E-state index contributed by atoms with van der Waals surface area (Å²) in [7, 11) is 0. The standard InChI is InChI=1S/C32H32N2.C11H8N.Ir/c1-20(2)24-13-9-14-25(21(3)4)30(24)33-19-34-29-18-23-12-8-7-11-22(23)17-27(29)32(5,6)26-15-10-16-28(33)31(26)34;1-2-6-10(7-3-1)11-8-4-5-9-12-11;/h7-17,19-21H,1-6H3;1-6,8-9H;/q-2;-1;+3. The monoisotopic (exact) mass is 791 g/mol. The smallest absolute Gasteiger partial charge is 0.488 e.